The molecule has 0 heterocycles. The maximum Gasteiger partial charge on any atom is 0.416 e. The van der Waals surface area contributed by atoms with Crippen molar-refractivity contribution in [1.82, 2.24) is 0 Å². The minimum absolute atomic E-state index is 0.0133. The van der Waals surface area contributed by atoms with E-state index < -0.39 is 29.6 Å². The standard InChI is InChI=1S/C16H13F4NO2/c1-10(23-14-7-5-12(17)6-8-14)15(22)21-13-4-2-3-11(9-13)16(18,19)20/h2-10H,1H3,(H,21,22)/t10-/m0/s1. The number of ether oxygens (including phenoxy) is 1. The molecular formula is C16H13F4NO2. The average Bonchev–Trinajstić information content (AvgIpc) is 2.49. The monoisotopic (exact) mass is 327 g/mol. The molecule has 23 heavy (non-hydrogen) atoms. The molecule has 0 spiro atoms. The Hall–Kier alpha value is -2.57. The molecule has 2 aromatic rings. The first-order chi connectivity index (χ1) is 10.8. The van der Waals surface area contributed by atoms with Crippen molar-refractivity contribution in [2.24, 2.45) is 0 Å². The first kappa shape index (κ1) is 16.8. The average molecular weight is 327 g/mol. The molecule has 0 saturated carbocycles. The number of halogens is 4. The highest BCUT2D eigenvalue weighted by Gasteiger charge is 2.30. The summed E-state index contributed by atoms with van der Waals surface area (Å²) >= 11 is 0. The van der Waals surface area contributed by atoms with Crippen molar-refractivity contribution < 1.29 is 27.1 Å². The van der Waals surface area contributed by atoms with Gasteiger partial charge in [0.2, 0.25) is 0 Å². The Morgan fingerprint density at radius 2 is 1.78 bits per heavy atom. The zero-order valence-electron chi connectivity index (χ0n) is 12.0. The maximum absolute atomic E-state index is 12.8. The summed E-state index contributed by atoms with van der Waals surface area (Å²) in [6.07, 6.45) is -5.45. The van der Waals surface area contributed by atoms with Crippen LogP contribution in [0.15, 0.2) is 48.5 Å². The molecule has 122 valence electrons. The van der Waals surface area contributed by atoms with Gasteiger partial charge in [0, 0.05) is 5.69 Å². The van der Waals surface area contributed by atoms with Gasteiger partial charge in [-0.25, -0.2) is 4.39 Å². The van der Waals surface area contributed by atoms with Gasteiger partial charge in [-0.05, 0) is 49.4 Å². The quantitative estimate of drug-likeness (QED) is 0.853. The van der Waals surface area contributed by atoms with Crippen molar-refractivity contribution in [3.63, 3.8) is 0 Å². The zero-order chi connectivity index (χ0) is 17.0. The van der Waals surface area contributed by atoms with Crippen LogP contribution in [0.1, 0.15) is 12.5 Å². The Bertz CT molecular complexity index is 683. The van der Waals surface area contributed by atoms with Gasteiger partial charge in [0.1, 0.15) is 11.6 Å². The Labute approximate surface area is 129 Å². The molecule has 0 radical (unpaired) electrons. The number of nitrogens with one attached hydrogen (secondary N) is 1. The fraction of sp³-hybridized carbons (Fsp3) is 0.188. The summed E-state index contributed by atoms with van der Waals surface area (Å²) in [5.41, 5.74) is -0.846. The van der Waals surface area contributed by atoms with Crippen LogP contribution in [-0.2, 0) is 11.0 Å². The normalized spacial score (nSPS) is 12.6. The smallest absolute Gasteiger partial charge is 0.416 e. The summed E-state index contributed by atoms with van der Waals surface area (Å²) in [5.74, 6) is -0.787. The molecule has 0 saturated heterocycles. The molecule has 2 aromatic carbocycles. The first-order valence-corrected chi connectivity index (χ1v) is 6.66. The van der Waals surface area contributed by atoms with Crippen molar-refractivity contribution in [3.05, 3.63) is 59.9 Å². The second kappa shape index (κ2) is 6.68. The van der Waals surface area contributed by atoms with Gasteiger partial charge >= 0.3 is 6.18 Å². The van der Waals surface area contributed by atoms with E-state index in [0.29, 0.717) is 0 Å². The minimum atomic E-state index is -4.49. The Morgan fingerprint density at radius 3 is 2.39 bits per heavy atom. The van der Waals surface area contributed by atoms with Gasteiger partial charge in [-0.2, -0.15) is 13.2 Å². The molecule has 1 amide bonds. The van der Waals surface area contributed by atoms with Gasteiger partial charge in [-0.1, -0.05) is 6.07 Å². The second-order valence-corrected chi connectivity index (χ2v) is 4.78. The van der Waals surface area contributed by atoms with Crippen LogP contribution >= 0.6 is 0 Å². The number of hydrogen-bond donors (Lipinski definition) is 1. The van der Waals surface area contributed by atoms with Crippen molar-refractivity contribution >= 4 is 11.6 Å². The SMILES string of the molecule is C[C@H](Oc1ccc(F)cc1)C(=O)Nc1cccc(C(F)(F)F)c1. The molecule has 3 nitrogen and oxygen atoms in total. The van der Waals surface area contributed by atoms with E-state index in [0.717, 1.165) is 12.1 Å². The molecule has 0 aliphatic heterocycles. The van der Waals surface area contributed by atoms with E-state index in [1.165, 1.54) is 43.3 Å². The second-order valence-electron chi connectivity index (χ2n) is 4.78. The van der Waals surface area contributed by atoms with Gasteiger partial charge in [0.05, 0.1) is 5.56 Å². The first-order valence-electron chi connectivity index (χ1n) is 6.66. The van der Waals surface area contributed by atoms with Crippen LogP contribution in [0.25, 0.3) is 0 Å². The summed E-state index contributed by atoms with van der Waals surface area (Å²) in [6, 6.07) is 9.34. The number of hydrogen-bond acceptors (Lipinski definition) is 2. The number of carbonyl (C=O) groups excluding carboxylic acids is 1. The molecule has 0 aromatic heterocycles. The molecule has 0 fully saturated rings. The van der Waals surface area contributed by atoms with E-state index in [2.05, 4.69) is 5.32 Å². The van der Waals surface area contributed by atoms with Gasteiger partial charge < -0.3 is 10.1 Å². The fourth-order valence-electron chi connectivity index (χ4n) is 1.79. The van der Waals surface area contributed by atoms with Crippen molar-refractivity contribution in [2.45, 2.75) is 19.2 Å². The Morgan fingerprint density at radius 1 is 1.13 bits per heavy atom. The third-order valence-corrected chi connectivity index (χ3v) is 2.95. The molecule has 1 N–H and O–H groups in total. The summed E-state index contributed by atoms with van der Waals surface area (Å²) in [7, 11) is 0. The predicted octanol–water partition coefficient (Wildman–Crippen LogP) is 4.25. The number of benzene rings is 2. The molecular weight excluding hydrogens is 314 g/mol. The highest BCUT2D eigenvalue weighted by atomic mass is 19.4. The van der Waals surface area contributed by atoms with Crippen molar-refractivity contribution in [2.75, 3.05) is 5.32 Å². The molecule has 0 unspecified atom stereocenters. The summed E-state index contributed by atoms with van der Waals surface area (Å²) < 4.78 is 55.9. The highest BCUT2D eigenvalue weighted by molar-refractivity contribution is 5.94. The van der Waals surface area contributed by atoms with Crippen LogP contribution in [0.5, 0.6) is 5.75 Å². The zero-order valence-corrected chi connectivity index (χ0v) is 12.0. The highest BCUT2D eigenvalue weighted by Crippen LogP contribution is 2.30. The van der Waals surface area contributed by atoms with E-state index in [1.807, 2.05) is 0 Å². The number of rotatable bonds is 4. The van der Waals surface area contributed by atoms with Crippen LogP contribution in [0.2, 0.25) is 0 Å². The summed E-state index contributed by atoms with van der Waals surface area (Å²) in [6.45, 7) is 1.44. The van der Waals surface area contributed by atoms with Crippen LogP contribution < -0.4 is 10.1 Å². The van der Waals surface area contributed by atoms with Crippen LogP contribution in [0.3, 0.4) is 0 Å². The molecule has 2 rings (SSSR count). The number of alkyl halides is 3. The van der Waals surface area contributed by atoms with Gasteiger partial charge in [0.15, 0.2) is 6.10 Å². The molecule has 7 heteroatoms. The lowest BCUT2D eigenvalue weighted by Crippen LogP contribution is -2.30. The van der Waals surface area contributed by atoms with E-state index in [-0.39, 0.29) is 11.4 Å². The molecule has 0 bridgehead atoms. The van der Waals surface area contributed by atoms with E-state index >= 15 is 0 Å². The maximum atomic E-state index is 12.8. The lowest BCUT2D eigenvalue weighted by atomic mass is 10.2. The fourth-order valence-corrected chi connectivity index (χ4v) is 1.79. The number of amides is 1. The van der Waals surface area contributed by atoms with Gasteiger partial charge in [0.25, 0.3) is 5.91 Å². The van der Waals surface area contributed by atoms with Crippen LogP contribution in [-0.4, -0.2) is 12.0 Å². The largest absolute Gasteiger partial charge is 0.481 e. The van der Waals surface area contributed by atoms with E-state index in [4.69, 9.17) is 4.74 Å². The number of carbonyl (C=O) groups is 1. The molecule has 0 aliphatic rings. The predicted molar refractivity (Wildman–Crippen MR) is 76.6 cm³/mol. The summed E-state index contributed by atoms with van der Waals surface area (Å²) in [5, 5.41) is 2.35. The van der Waals surface area contributed by atoms with Crippen LogP contribution in [0.4, 0.5) is 23.2 Å². The van der Waals surface area contributed by atoms with Crippen molar-refractivity contribution in [3.8, 4) is 5.75 Å². The summed E-state index contributed by atoms with van der Waals surface area (Å²) in [4.78, 5) is 12.0. The molecule has 0 aliphatic carbocycles. The van der Waals surface area contributed by atoms with Crippen molar-refractivity contribution in [1.29, 1.82) is 0 Å². The van der Waals surface area contributed by atoms with Crippen LogP contribution in [0, 0.1) is 5.82 Å². The van der Waals surface area contributed by atoms with Gasteiger partial charge in [-0.3, -0.25) is 4.79 Å². The third kappa shape index (κ3) is 4.70. The van der Waals surface area contributed by atoms with E-state index in [9.17, 15) is 22.4 Å². The Balaban J connectivity index is 2.02. The topological polar surface area (TPSA) is 38.3 Å². The lowest BCUT2D eigenvalue weighted by Gasteiger charge is -2.15. The Kier molecular flexibility index (Phi) is 4.88. The lowest BCUT2D eigenvalue weighted by molar-refractivity contribution is -0.137. The molecule has 1 atom stereocenters. The minimum Gasteiger partial charge on any atom is -0.481 e. The number of anilines is 1. The third-order valence-electron chi connectivity index (χ3n) is 2.95. The van der Waals surface area contributed by atoms with Gasteiger partial charge in [-0.15, -0.1) is 0 Å². The van der Waals surface area contributed by atoms with E-state index in [1.54, 1.807) is 0 Å².